The molecule has 3 nitrogen and oxygen atoms in total. The molecule has 0 spiro atoms. The van der Waals surface area contributed by atoms with E-state index in [1.807, 2.05) is 6.07 Å². The van der Waals surface area contributed by atoms with Crippen molar-refractivity contribution in [1.29, 1.82) is 5.26 Å². The molecule has 0 fully saturated rings. The molecule has 0 aliphatic carbocycles. The highest BCUT2D eigenvalue weighted by atomic mass is 19.3. The van der Waals surface area contributed by atoms with Crippen LogP contribution in [-0.2, 0) is 0 Å². The molecule has 0 amide bonds. The lowest BCUT2D eigenvalue weighted by molar-refractivity contribution is 0.153. The van der Waals surface area contributed by atoms with Gasteiger partial charge in [0.2, 0.25) is 0 Å². The summed E-state index contributed by atoms with van der Waals surface area (Å²) in [5, 5.41) is 17.6. The van der Waals surface area contributed by atoms with Crippen molar-refractivity contribution in [2.24, 2.45) is 0 Å². The molecule has 1 aromatic carbocycles. The zero-order valence-electron chi connectivity index (χ0n) is 9.53. The first-order valence-electron chi connectivity index (χ1n) is 5.23. The van der Waals surface area contributed by atoms with Crippen LogP contribution in [0.3, 0.4) is 0 Å². The molecule has 1 aromatic rings. The van der Waals surface area contributed by atoms with Gasteiger partial charge in [0.05, 0.1) is 24.8 Å². The zero-order chi connectivity index (χ0) is 12.8. The Morgan fingerprint density at radius 1 is 1.47 bits per heavy atom. The average Bonchev–Trinajstić information content (AvgIpc) is 2.28. The number of anilines is 1. The second-order valence-corrected chi connectivity index (χ2v) is 3.67. The second kappa shape index (κ2) is 6.16. The van der Waals surface area contributed by atoms with Gasteiger partial charge in [-0.3, -0.25) is 0 Å². The largest absolute Gasteiger partial charge is 0.395 e. The number of rotatable bonds is 5. The van der Waals surface area contributed by atoms with Gasteiger partial charge in [-0.25, -0.2) is 8.78 Å². The number of halogens is 2. The highest BCUT2D eigenvalue weighted by molar-refractivity contribution is 5.53. The third-order valence-electron chi connectivity index (χ3n) is 2.42. The van der Waals surface area contributed by atoms with Gasteiger partial charge in [0.1, 0.15) is 0 Å². The molecule has 0 bridgehead atoms. The Kier molecular flexibility index (Phi) is 4.85. The van der Waals surface area contributed by atoms with Crippen molar-refractivity contribution in [1.82, 2.24) is 0 Å². The van der Waals surface area contributed by atoms with E-state index >= 15 is 0 Å². The van der Waals surface area contributed by atoms with Crippen molar-refractivity contribution in [2.75, 3.05) is 24.6 Å². The molecule has 0 atom stereocenters. The van der Waals surface area contributed by atoms with Gasteiger partial charge in [0.25, 0.3) is 6.43 Å². The minimum atomic E-state index is -2.46. The van der Waals surface area contributed by atoms with E-state index in [4.69, 9.17) is 10.4 Å². The Bertz CT molecular complexity index is 415. The standard InChI is InChI=1S/C12H14F2N2O/c1-9-6-11(3-2-10(9)7-15)16(4-5-17)8-12(13)14/h2-3,6,12,17H,4-5,8H2,1H3. The van der Waals surface area contributed by atoms with Gasteiger partial charge in [-0.05, 0) is 30.7 Å². The fourth-order valence-corrected chi connectivity index (χ4v) is 1.58. The molecule has 0 aliphatic heterocycles. The van der Waals surface area contributed by atoms with Crippen molar-refractivity contribution >= 4 is 5.69 Å². The Labute approximate surface area is 98.9 Å². The van der Waals surface area contributed by atoms with Crippen LogP contribution in [0.2, 0.25) is 0 Å². The third-order valence-corrected chi connectivity index (χ3v) is 2.42. The van der Waals surface area contributed by atoms with Gasteiger partial charge < -0.3 is 10.0 Å². The molecule has 0 heterocycles. The lowest BCUT2D eigenvalue weighted by Crippen LogP contribution is -2.31. The van der Waals surface area contributed by atoms with Crippen LogP contribution in [0.25, 0.3) is 0 Å². The summed E-state index contributed by atoms with van der Waals surface area (Å²) in [6, 6.07) is 6.91. The number of aryl methyl sites for hydroxylation is 1. The Morgan fingerprint density at radius 2 is 2.18 bits per heavy atom. The molecule has 0 unspecified atom stereocenters. The quantitative estimate of drug-likeness (QED) is 0.855. The van der Waals surface area contributed by atoms with E-state index in [1.165, 1.54) is 4.90 Å². The molecule has 5 heteroatoms. The third kappa shape index (κ3) is 3.68. The van der Waals surface area contributed by atoms with Crippen molar-refractivity contribution in [3.05, 3.63) is 29.3 Å². The summed E-state index contributed by atoms with van der Waals surface area (Å²) >= 11 is 0. The number of nitriles is 1. The van der Waals surface area contributed by atoms with Crippen molar-refractivity contribution in [3.8, 4) is 6.07 Å². The van der Waals surface area contributed by atoms with Gasteiger partial charge in [0.15, 0.2) is 0 Å². The summed E-state index contributed by atoms with van der Waals surface area (Å²) in [6.45, 7) is 1.29. The van der Waals surface area contributed by atoms with Gasteiger partial charge >= 0.3 is 0 Å². The molecule has 0 saturated carbocycles. The predicted molar refractivity (Wildman–Crippen MR) is 61.2 cm³/mol. The summed E-state index contributed by atoms with van der Waals surface area (Å²) in [6.07, 6.45) is -2.46. The molecule has 1 N–H and O–H groups in total. The molecular formula is C12H14F2N2O. The molecule has 0 radical (unpaired) electrons. The number of hydrogen-bond donors (Lipinski definition) is 1. The summed E-state index contributed by atoms with van der Waals surface area (Å²) in [4.78, 5) is 1.40. The molecular weight excluding hydrogens is 226 g/mol. The van der Waals surface area contributed by atoms with Gasteiger partial charge in [-0.2, -0.15) is 5.26 Å². The Morgan fingerprint density at radius 3 is 2.65 bits per heavy atom. The highest BCUT2D eigenvalue weighted by Gasteiger charge is 2.13. The first-order valence-corrected chi connectivity index (χ1v) is 5.23. The summed E-state index contributed by atoms with van der Waals surface area (Å²) in [5.74, 6) is 0. The Hall–Kier alpha value is -1.67. The molecule has 1 rings (SSSR count). The number of hydrogen-bond acceptors (Lipinski definition) is 3. The molecule has 0 aliphatic rings. The van der Waals surface area contributed by atoms with Crippen LogP contribution in [0.15, 0.2) is 18.2 Å². The topological polar surface area (TPSA) is 47.3 Å². The maximum Gasteiger partial charge on any atom is 0.255 e. The van der Waals surface area contributed by atoms with Crippen LogP contribution in [0.5, 0.6) is 0 Å². The smallest absolute Gasteiger partial charge is 0.255 e. The van der Waals surface area contributed by atoms with Crippen LogP contribution in [0, 0.1) is 18.3 Å². The minimum Gasteiger partial charge on any atom is -0.395 e. The van der Waals surface area contributed by atoms with Gasteiger partial charge in [-0.15, -0.1) is 0 Å². The lowest BCUT2D eigenvalue weighted by atomic mass is 10.1. The molecule has 0 saturated heterocycles. The average molecular weight is 240 g/mol. The number of nitrogens with zero attached hydrogens (tertiary/aromatic N) is 2. The summed E-state index contributed by atoms with van der Waals surface area (Å²) < 4.78 is 24.7. The van der Waals surface area contributed by atoms with Crippen LogP contribution in [-0.4, -0.2) is 31.2 Å². The van der Waals surface area contributed by atoms with E-state index in [0.717, 1.165) is 5.56 Å². The molecule has 92 valence electrons. The monoisotopic (exact) mass is 240 g/mol. The number of aliphatic hydroxyl groups excluding tert-OH is 1. The van der Waals surface area contributed by atoms with E-state index in [0.29, 0.717) is 11.3 Å². The normalized spacial score (nSPS) is 10.4. The van der Waals surface area contributed by atoms with Crippen LogP contribution < -0.4 is 4.90 Å². The maximum atomic E-state index is 12.4. The molecule has 0 aromatic heterocycles. The minimum absolute atomic E-state index is 0.148. The van der Waals surface area contributed by atoms with Crippen LogP contribution >= 0.6 is 0 Å². The molecule has 17 heavy (non-hydrogen) atoms. The van der Waals surface area contributed by atoms with E-state index < -0.39 is 13.0 Å². The van der Waals surface area contributed by atoms with Crippen molar-refractivity contribution < 1.29 is 13.9 Å². The highest BCUT2D eigenvalue weighted by Crippen LogP contribution is 2.19. The SMILES string of the molecule is Cc1cc(N(CCO)CC(F)F)ccc1C#N. The van der Waals surface area contributed by atoms with E-state index in [1.54, 1.807) is 25.1 Å². The summed E-state index contributed by atoms with van der Waals surface area (Å²) in [7, 11) is 0. The first-order chi connectivity index (χ1) is 8.08. The maximum absolute atomic E-state index is 12.4. The number of alkyl halides is 2. The summed E-state index contributed by atoms with van der Waals surface area (Å²) in [5.41, 5.74) is 1.85. The lowest BCUT2D eigenvalue weighted by Gasteiger charge is -2.24. The van der Waals surface area contributed by atoms with E-state index in [9.17, 15) is 8.78 Å². The number of benzene rings is 1. The first kappa shape index (κ1) is 13.4. The van der Waals surface area contributed by atoms with Crippen molar-refractivity contribution in [2.45, 2.75) is 13.3 Å². The van der Waals surface area contributed by atoms with E-state index in [-0.39, 0.29) is 13.2 Å². The zero-order valence-corrected chi connectivity index (χ0v) is 9.53. The van der Waals surface area contributed by atoms with E-state index in [2.05, 4.69) is 0 Å². The van der Waals surface area contributed by atoms with Crippen LogP contribution in [0.1, 0.15) is 11.1 Å². The fourth-order valence-electron chi connectivity index (χ4n) is 1.58. The fraction of sp³-hybridized carbons (Fsp3) is 0.417. The van der Waals surface area contributed by atoms with Gasteiger partial charge in [0, 0.05) is 12.2 Å². The predicted octanol–water partition coefficient (Wildman–Crippen LogP) is 1.93. The van der Waals surface area contributed by atoms with Gasteiger partial charge in [-0.1, -0.05) is 0 Å². The van der Waals surface area contributed by atoms with Crippen LogP contribution in [0.4, 0.5) is 14.5 Å². The number of aliphatic hydroxyl groups is 1. The Balaban J connectivity index is 2.94. The second-order valence-electron chi connectivity index (χ2n) is 3.67. The van der Waals surface area contributed by atoms with Crippen molar-refractivity contribution in [3.63, 3.8) is 0 Å².